The molecule has 4 nitrogen and oxygen atoms in total. The van der Waals surface area contributed by atoms with Gasteiger partial charge in [-0.05, 0) is 19.1 Å². The second-order valence-electron chi connectivity index (χ2n) is 3.38. The van der Waals surface area contributed by atoms with Crippen molar-refractivity contribution in [3.63, 3.8) is 0 Å². The van der Waals surface area contributed by atoms with Gasteiger partial charge in [-0.25, -0.2) is 0 Å². The second kappa shape index (κ2) is 3.08. The van der Waals surface area contributed by atoms with Gasteiger partial charge in [0, 0.05) is 0 Å². The smallest absolute Gasteiger partial charge is 0.225 e. The Balaban J connectivity index is 2.28. The lowest BCUT2D eigenvalue weighted by Crippen LogP contribution is -2.44. The fourth-order valence-electron chi connectivity index (χ4n) is 1.41. The van der Waals surface area contributed by atoms with Crippen molar-refractivity contribution in [2.45, 2.75) is 18.8 Å². The summed E-state index contributed by atoms with van der Waals surface area (Å²) in [5.41, 5.74) is 0.848. The van der Waals surface area contributed by atoms with Crippen molar-refractivity contribution < 1.29 is 10.2 Å². The molecule has 0 saturated heterocycles. The van der Waals surface area contributed by atoms with Gasteiger partial charge in [0.15, 0.2) is 0 Å². The summed E-state index contributed by atoms with van der Waals surface area (Å²) in [4.78, 5) is 0. The van der Waals surface area contributed by atoms with Crippen molar-refractivity contribution >= 4 is 11.9 Å². The van der Waals surface area contributed by atoms with E-state index in [2.05, 4.69) is 5.10 Å². The fraction of sp³-hybridized carbons (Fsp3) is 0.300. The van der Waals surface area contributed by atoms with Gasteiger partial charge in [-0.2, -0.15) is 5.10 Å². The van der Waals surface area contributed by atoms with Crippen LogP contribution in [-0.4, -0.2) is 28.3 Å². The maximum atomic E-state index is 9.46. The number of hydrogen-bond donors (Lipinski definition) is 2. The van der Waals surface area contributed by atoms with Crippen LogP contribution in [-0.2, 0) is 0 Å². The van der Waals surface area contributed by atoms with Crippen LogP contribution in [0, 0.1) is 0 Å². The molecule has 1 heterocycles. The molecule has 1 unspecified atom stereocenters. The average Bonchev–Trinajstić information content (AvgIpc) is 2.44. The van der Waals surface area contributed by atoms with Crippen molar-refractivity contribution in [1.82, 2.24) is 0 Å². The minimum atomic E-state index is -1.84. The van der Waals surface area contributed by atoms with Crippen molar-refractivity contribution in [1.29, 1.82) is 0 Å². The first-order valence-electron chi connectivity index (χ1n) is 4.45. The summed E-state index contributed by atoms with van der Waals surface area (Å²) in [6.45, 7) is 1.71. The lowest BCUT2D eigenvalue weighted by atomic mass is 10.1. The van der Waals surface area contributed by atoms with Crippen molar-refractivity contribution in [2.75, 3.05) is 5.01 Å². The van der Waals surface area contributed by atoms with Crippen molar-refractivity contribution in [3.8, 4) is 0 Å². The number of benzene rings is 1. The molecule has 0 radical (unpaired) electrons. The zero-order valence-corrected chi connectivity index (χ0v) is 7.83. The van der Waals surface area contributed by atoms with Crippen LogP contribution in [0.2, 0.25) is 0 Å². The number of anilines is 1. The van der Waals surface area contributed by atoms with Gasteiger partial charge in [0.25, 0.3) is 0 Å². The molecule has 1 aromatic rings. The van der Waals surface area contributed by atoms with E-state index in [0.29, 0.717) is 0 Å². The monoisotopic (exact) mass is 192 g/mol. The maximum Gasteiger partial charge on any atom is 0.225 e. The van der Waals surface area contributed by atoms with Gasteiger partial charge < -0.3 is 10.2 Å². The minimum absolute atomic E-state index is 0.468. The Morgan fingerprint density at radius 3 is 2.43 bits per heavy atom. The van der Waals surface area contributed by atoms with Gasteiger partial charge in [-0.3, -0.25) is 5.01 Å². The molecule has 1 aliphatic rings. The van der Waals surface area contributed by atoms with E-state index < -0.39 is 11.8 Å². The molecule has 0 aliphatic carbocycles. The number of rotatable bonds is 1. The van der Waals surface area contributed by atoms with E-state index in [1.807, 2.05) is 30.3 Å². The van der Waals surface area contributed by atoms with E-state index in [9.17, 15) is 10.2 Å². The molecule has 14 heavy (non-hydrogen) atoms. The van der Waals surface area contributed by atoms with E-state index in [0.717, 1.165) is 11.9 Å². The Hall–Kier alpha value is -1.39. The topological polar surface area (TPSA) is 56.1 Å². The van der Waals surface area contributed by atoms with Gasteiger partial charge in [0.05, 0.1) is 11.9 Å². The number of hydrogen-bond acceptors (Lipinski definition) is 4. The van der Waals surface area contributed by atoms with Crippen LogP contribution in [0.4, 0.5) is 5.69 Å². The highest BCUT2D eigenvalue weighted by Gasteiger charge is 2.39. The highest BCUT2D eigenvalue weighted by molar-refractivity contribution is 5.74. The number of para-hydroxylation sites is 1. The van der Waals surface area contributed by atoms with Crippen LogP contribution in [0.3, 0.4) is 0 Å². The van der Waals surface area contributed by atoms with Crippen molar-refractivity contribution in [3.05, 3.63) is 30.3 Å². The summed E-state index contributed by atoms with van der Waals surface area (Å²) in [7, 11) is 0. The predicted octanol–water partition coefficient (Wildman–Crippen LogP) is 0.562. The molecule has 4 heteroatoms. The Kier molecular flexibility index (Phi) is 2.02. The Morgan fingerprint density at radius 1 is 1.29 bits per heavy atom. The van der Waals surface area contributed by atoms with Crippen LogP contribution >= 0.6 is 0 Å². The molecule has 0 bridgehead atoms. The fourth-order valence-corrected chi connectivity index (χ4v) is 1.41. The highest BCUT2D eigenvalue weighted by Crippen LogP contribution is 2.25. The van der Waals surface area contributed by atoms with Gasteiger partial charge in [-0.1, -0.05) is 18.2 Å². The lowest BCUT2D eigenvalue weighted by molar-refractivity contribution is -0.102. The predicted molar refractivity (Wildman–Crippen MR) is 54.0 cm³/mol. The molecule has 0 amide bonds. The van der Waals surface area contributed by atoms with Crippen molar-refractivity contribution in [2.24, 2.45) is 5.10 Å². The molecule has 0 spiro atoms. The molecule has 0 aromatic heterocycles. The van der Waals surface area contributed by atoms with E-state index in [4.69, 9.17) is 0 Å². The maximum absolute atomic E-state index is 9.46. The van der Waals surface area contributed by atoms with E-state index in [1.54, 1.807) is 11.9 Å². The van der Waals surface area contributed by atoms with Gasteiger partial charge in [-0.15, -0.1) is 0 Å². The Morgan fingerprint density at radius 2 is 1.93 bits per heavy atom. The van der Waals surface area contributed by atoms with Crippen LogP contribution in [0.5, 0.6) is 0 Å². The number of hydrazone groups is 1. The van der Waals surface area contributed by atoms with Crippen LogP contribution in [0.15, 0.2) is 35.4 Å². The minimum Gasteiger partial charge on any atom is -0.360 e. The average molecular weight is 192 g/mol. The largest absolute Gasteiger partial charge is 0.360 e. The number of nitrogens with zero attached hydrogens (tertiary/aromatic N) is 2. The second-order valence-corrected chi connectivity index (χ2v) is 3.38. The first-order chi connectivity index (χ1) is 6.61. The molecular weight excluding hydrogens is 180 g/mol. The summed E-state index contributed by atoms with van der Waals surface area (Å²) < 4.78 is 0. The first kappa shape index (κ1) is 9.18. The van der Waals surface area contributed by atoms with E-state index in [-0.39, 0.29) is 0 Å². The van der Waals surface area contributed by atoms with E-state index in [1.165, 1.54) is 0 Å². The summed E-state index contributed by atoms with van der Waals surface area (Å²) in [6.07, 6.45) is 1.14. The molecule has 1 aromatic carbocycles. The molecule has 0 fully saturated rings. The van der Waals surface area contributed by atoms with Gasteiger partial charge in [0.2, 0.25) is 5.79 Å². The summed E-state index contributed by atoms with van der Waals surface area (Å²) in [6, 6.07) is 8.94. The summed E-state index contributed by atoms with van der Waals surface area (Å²) >= 11 is 0. The normalized spacial score (nSPS) is 24.2. The zero-order chi connectivity index (χ0) is 10.2. The lowest BCUT2D eigenvalue weighted by Gasteiger charge is -2.25. The van der Waals surface area contributed by atoms with Crippen LogP contribution in [0.25, 0.3) is 0 Å². The molecule has 1 atom stereocenters. The van der Waals surface area contributed by atoms with Crippen LogP contribution in [0.1, 0.15) is 6.92 Å². The molecule has 0 saturated carbocycles. The SMILES string of the molecule is CC1N(c2ccccc2)N=CC1(O)O. The molecule has 74 valence electrons. The summed E-state index contributed by atoms with van der Waals surface area (Å²) in [5, 5.41) is 24.4. The zero-order valence-electron chi connectivity index (χ0n) is 7.83. The Bertz CT molecular complexity index is 348. The molecule has 1 aliphatic heterocycles. The third-order valence-electron chi connectivity index (χ3n) is 2.37. The number of aliphatic hydroxyl groups is 2. The van der Waals surface area contributed by atoms with Crippen LogP contribution < -0.4 is 5.01 Å². The standard InChI is InChI=1S/C10H12N2O2/c1-8-10(13,14)7-11-12(8)9-5-3-2-4-6-9/h2-8,13-14H,1H3. The van der Waals surface area contributed by atoms with Gasteiger partial charge >= 0.3 is 0 Å². The molecular formula is C10H12N2O2. The molecule has 2 rings (SSSR count). The summed E-state index contributed by atoms with van der Waals surface area (Å²) in [5.74, 6) is -1.84. The molecule has 2 N–H and O–H groups in total. The Labute approximate surface area is 82.1 Å². The third kappa shape index (κ3) is 1.38. The first-order valence-corrected chi connectivity index (χ1v) is 4.45. The van der Waals surface area contributed by atoms with Gasteiger partial charge in [0.1, 0.15) is 6.04 Å². The van der Waals surface area contributed by atoms with E-state index >= 15 is 0 Å². The third-order valence-corrected chi connectivity index (χ3v) is 2.37. The quantitative estimate of drug-likeness (QED) is 0.639. The highest BCUT2D eigenvalue weighted by atomic mass is 16.5.